The lowest BCUT2D eigenvalue weighted by Gasteiger charge is -2.34. The lowest BCUT2D eigenvalue weighted by molar-refractivity contribution is 0.0597. The van der Waals surface area contributed by atoms with Crippen molar-refractivity contribution in [1.29, 1.82) is 0 Å². The molecule has 1 aromatic rings. The SMILES string of the molecule is CC[C@@H](C)N(C(=O)c1cccnc1C)[C@@H](C)CC. The van der Waals surface area contributed by atoms with Gasteiger partial charge in [0.05, 0.1) is 5.56 Å². The van der Waals surface area contributed by atoms with Gasteiger partial charge in [-0.05, 0) is 45.7 Å². The minimum absolute atomic E-state index is 0.101. The van der Waals surface area contributed by atoms with Crippen molar-refractivity contribution in [2.75, 3.05) is 0 Å². The fourth-order valence-electron chi connectivity index (χ4n) is 2.08. The van der Waals surface area contributed by atoms with Gasteiger partial charge in [0.25, 0.3) is 5.91 Å². The Bertz CT molecular complexity index is 393. The molecule has 0 saturated heterocycles. The van der Waals surface area contributed by atoms with Gasteiger partial charge in [0.1, 0.15) is 0 Å². The third kappa shape index (κ3) is 3.09. The minimum Gasteiger partial charge on any atom is -0.333 e. The summed E-state index contributed by atoms with van der Waals surface area (Å²) < 4.78 is 0. The van der Waals surface area contributed by atoms with Crippen LogP contribution in [-0.2, 0) is 0 Å². The summed E-state index contributed by atoms with van der Waals surface area (Å²) in [5.74, 6) is 0.101. The van der Waals surface area contributed by atoms with Crippen molar-refractivity contribution in [1.82, 2.24) is 9.88 Å². The van der Waals surface area contributed by atoms with E-state index in [0.29, 0.717) is 0 Å². The van der Waals surface area contributed by atoms with E-state index in [0.717, 1.165) is 24.1 Å². The minimum atomic E-state index is 0.101. The van der Waals surface area contributed by atoms with Crippen molar-refractivity contribution in [3.63, 3.8) is 0 Å². The van der Waals surface area contributed by atoms with Gasteiger partial charge in [-0.2, -0.15) is 0 Å². The van der Waals surface area contributed by atoms with Gasteiger partial charge in [-0.3, -0.25) is 9.78 Å². The van der Waals surface area contributed by atoms with Gasteiger partial charge in [0.15, 0.2) is 0 Å². The molecule has 0 bridgehead atoms. The zero-order chi connectivity index (χ0) is 13.7. The van der Waals surface area contributed by atoms with Crippen LogP contribution >= 0.6 is 0 Å². The molecule has 0 aliphatic heterocycles. The molecule has 1 amide bonds. The number of hydrogen-bond acceptors (Lipinski definition) is 2. The van der Waals surface area contributed by atoms with E-state index in [-0.39, 0.29) is 18.0 Å². The van der Waals surface area contributed by atoms with Crippen molar-refractivity contribution in [2.45, 2.75) is 59.5 Å². The number of carbonyl (C=O) groups is 1. The fraction of sp³-hybridized carbons (Fsp3) is 0.600. The maximum absolute atomic E-state index is 12.7. The highest BCUT2D eigenvalue weighted by molar-refractivity contribution is 5.95. The maximum atomic E-state index is 12.7. The van der Waals surface area contributed by atoms with E-state index in [1.807, 2.05) is 24.0 Å². The molecule has 0 unspecified atom stereocenters. The molecule has 18 heavy (non-hydrogen) atoms. The molecule has 1 heterocycles. The first-order valence-corrected chi connectivity index (χ1v) is 6.77. The van der Waals surface area contributed by atoms with Gasteiger partial charge >= 0.3 is 0 Å². The predicted molar refractivity (Wildman–Crippen MR) is 74.6 cm³/mol. The van der Waals surface area contributed by atoms with Gasteiger partial charge < -0.3 is 4.90 Å². The molecule has 0 N–H and O–H groups in total. The molecule has 0 aliphatic rings. The van der Waals surface area contributed by atoms with Gasteiger partial charge in [-0.1, -0.05) is 13.8 Å². The van der Waals surface area contributed by atoms with Gasteiger partial charge in [-0.25, -0.2) is 0 Å². The number of hydrogen-bond donors (Lipinski definition) is 0. The van der Waals surface area contributed by atoms with Crippen molar-refractivity contribution < 1.29 is 4.79 Å². The van der Waals surface area contributed by atoms with Crippen LogP contribution in [0.15, 0.2) is 18.3 Å². The predicted octanol–water partition coefficient (Wildman–Crippen LogP) is 3.43. The maximum Gasteiger partial charge on any atom is 0.256 e. The summed E-state index contributed by atoms with van der Waals surface area (Å²) in [6, 6.07) is 4.20. The summed E-state index contributed by atoms with van der Waals surface area (Å²) in [5, 5.41) is 0. The Labute approximate surface area is 110 Å². The van der Waals surface area contributed by atoms with Crippen LogP contribution in [0.3, 0.4) is 0 Å². The average molecular weight is 248 g/mol. The molecule has 100 valence electrons. The molecule has 0 saturated carbocycles. The average Bonchev–Trinajstić information content (AvgIpc) is 2.38. The second-order valence-corrected chi connectivity index (χ2v) is 4.86. The monoisotopic (exact) mass is 248 g/mol. The Morgan fingerprint density at radius 2 is 1.83 bits per heavy atom. The molecule has 0 aromatic carbocycles. The van der Waals surface area contributed by atoms with Crippen LogP contribution in [0.25, 0.3) is 0 Å². The van der Waals surface area contributed by atoms with E-state index in [1.54, 1.807) is 6.20 Å². The molecular formula is C15H24N2O. The number of aryl methyl sites for hydroxylation is 1. The molecule has 0 aliphatic carbocycles. The fourth-order valence-corrected chi connectivity index (χ4v) is 2.08. The first-order chi connectivity index (χ1) is 8.52. The van der Waals surface area contributed by atoms with Crippen molar-refractivity contribution in [2.24, 2.45) is 0 Å². The molecular weight excluding hydrogens is 224 g/mol. The standard InChI is InChI=1S/C15H24N2O/c1-6-11(3)17(12(4)7-2)15(18)14-9-8-10-16-13(14)5/h8-12H,6-7H2,1-5H3/t11-,12+. The molecule has 1 aromatic heterocycles. The van der Waals surface area contributed by atoms with Crippen LogP contribution in [-0.4, -0.2) is 27.9 Å². The van der Waals surface area contributed by atoms with Crippen LogP contribution in [0.5, 0.6) is 0 Å². The molecule has 2 atom stereocenters. The van der Waals surface area contributed by atoms with Crippen LogP contribution in [0.4, 0.5) is 0 Å². The number of pyridine rings is 1. The Balaban J connectivity index is 3.07. The highest BCUT2D eigenvalue weighted by Gasteiger charge is 2.25. The molecule has 1 rings (SSSR count). The topological polar surface area (TPSA) is 33.2 Å². The molecule has 0 radical (unpaired) electrons. The Morgan fingerprint density at radius 1 is 1.28 bits per heavy atom. The zero-order valence-electron chi connectivity index (χ0n) is 12.1. The third-order valence-electron chi connectivity index (χ3n) is 3.60. The Kier molecular flexibility index (Phi) is 5.32. The quantitative estimate of drug-likeness (QED) is 0.800. The number of rotatable bonds is 5. The number of carbonyl (C=O) groups excluding carboxylic acids is 1. The van der Waals surface area contributed by atoms with Crippen LogP contribution in [0.1, 0.15) is 56.6 Å². The highest BCUT2D eigenvalue weighted by Crippen LogP contribution is 2.17. The zero-order valence-corrected chi connectivity index (χ0v) is 12.1. The first kappa shape index (κ1) is 14.7. The summed E-state index contributed by atoms with van der Waals surface area (Å²) in [6.45, 7) is 10.3. The van der Waals surface area contributed by atoms with Crippen molar-refractivity contribution in [3.8, 4) is 0 Å². The summed E-state index contributed by atoms with van der Waals surface area (Å²) in [4.78, 5) is 18.8. The van der Waals surface area contributed by atoms with Crippen molar-refractivity contribution >= 4 is 5.91 Å². The van der Waals surface area contributed by atoms with E-state index in [4.69, 9.17) is 0 Å². The molecule has 0 spiro atoms. The largest absolute Gasteiger partial charge is 0.333 e. The lowest BCUT2D eigenvalue weighted by Crippen LogP contribution is -2.44. The van der Waals surface area contributed by atoms with Crippen LogP contribution < -0.4 is 0 Å². The van der Waals surface area contributed by atoms with Crippen LogP contribution in [0, 0.1) is 6.92 Å². The summed E-state index contributed by atoms with van der Waals surface area (Å²) >= 11 is 0. The molecule has 3 heteroatoms. The summed E-state index contributed by atoms with van der Waals surface area (Å²) in [6.07, 6.45) is 3.66. The number of nitrogens with zero attached hydrogens (tertiary/aromatic N) is 2. The van der Waals surface area contributed by atoms with Gasteiger partial charge in [-0.15, -0.1) is 0 Å². The van der Waals surface area contributed by atoms with E-state index in [2.05, 4.69) is 32.7 Å². The second kappa shape index (κ2) is 6.53. The number of amides is 1. The van der Waals surface area contributed by atoms with E-state index in [1.165, 1.54) is 0 Å². The third-order valence-corrected chi connectivity index (χ3v) is 3.60. The van der Waals surface area contributed by atoms with Gasteiger partial charge in [0.2, 0.25) is 0 Å². The molecule has 0 fully saturated rings. The lowest BCUT2D eigenvalue weighted by atomic mass is 10.1. The second-order valence-electron chi connectivity index (χ2n) is 4.86. The van der Waals surface area contributed by atoms with E-state index >= 15 is 0 Å². The smallest absolute Gasteiger partial charge is 0.256 e. The van der Waals surface area contributed by atoms with E-state index in [9.17, 15) is 4.79 Å². The normalized spacial score (nSPS) is 14.1. The summed E-state index contributed by atoms with van der Waals surface area (Å²) in [5.41, 5.74) is 1.53. The van der Waals surface area contributed by atoms with Crippen molar-refractivity contribution in [3.05, 3.63) is 29.6 Å². The van der Waals surface area contributed by atoms with E-state index < -0.39 is 0 Å². The first-order valence-electron chi connectivity index (χ1n) is 6.77. The Morgan fingerprint density at radius 3 is 2.28 bits per heavy atom. The number of aromatic nitrogens is 1. The summed E-state index contributed by atoms with van der Waals surface area (Å²) in [7, 11) is 0. The highest BCUT2D eigenvalue weighted by atomic mass is 16.2. The van der Waals surface area contributed by atoms with Crippen LogP contribution in [0.2, 0.25) is 0 Å². The molecule has 3 nitrogen and oxygen atoms in total. The van der Waals surface area contributed by atoms with Gasteiger partial charge in [0, 0.05) is 24.0 Å². The Hall–Kier alpha value is -1.38.